The third-order valence-electron chi connectivity index (χ3n) is 4.78. The molecule has 3 aromatic carbocycles. The van der Waals surface area contributed by atoms with Gasteiger partial charge in [-0.25, -0.2) is 0 Å². The molecule has 0 spiro atoms. The number of halogens is 1. The van der Waals surface area contributed by atoms with Gasteiger partial charge in [0, 0.05) is 10.2 Å². The molecule has 6 nitrogen and oxygen atoms in total. The van der Waals surface area contributed by atoms with Crippen molar-refractivity contribution in [2.75, 3.05) is 5.32 Å². The van der Waals surface area contributed by atoms with E-state index in [4.69, 9.17) is 0 Å². The summed E-state index contributed by atoms with van der Waals surface area (Å²) in [4.78, 5) is 0. The Morgan fingerprint density at radius 2 is 1.59 bits per heavy atom. The summed E-state index contributed by atoms with van der Waals surface area (Å²) in [6.07, 6.45) is 0. The monoisotopic (exact) mass is 449 g/mol. The van der Waals surface area contributed by atoms with Crippen molar-refractivity contribution in [1.29, 1.82) is 0 Å². The molecule has 146 valence electrons. The molecule has 1 atom stereocenters. The maximum absolute atomic E-state index is 9.61. The van der Waals surface area contributed by atoms with Gasteiger partial charge in [-0.2, -0.15) is 4.68 Å². The lowest BCUT2D eigenvalue weighted by molar-refractivity contribution is 0.475. The van der Waals surface area contributed by atoms with E-state index in [1.165, 1.54) is 0 Å². The van der Waals surface area contributed by atoms with Crippen LogP contribution in [0.1, 0.15) is 28.6 Å². The number of nitrogens with zero attached hydrogens (tertiary/aromatic N) is 4. The van der Waals surface area contributed by atoms with Crippen molar-refractivity contribution in [2.24, 2.45) is 0 Å². The Balaban J connectivity index is 1.83. The summed E-state index contributed by atoms with van der Waals surface area (Å²) in [6, 6.07) is 20.8. The van der Waals surface area contributed by atoms with Crippen LogP contribution in [0.4, 0.5) is 5.69 Å². The van der Waals surface area contributed by atoms with Gasteiger partial charge in [-0.3, -0.25) is 0 Å². The zero-order valence-electron chi connectivity index (χ0n) is 16.0. The van der Waals surface area contributed by atoms with Crippen molar-refractivity contribution in [1.82, 2.24) is 20.2 Å². The van der Waals surface area contributed by atoms with Crippen molar-refractivity contribution >= 4 is 21.6 Å². The summed E-state index contributed by atoms with van der Waals surface area (Å²) in [6.45, 7) is 4.10. The van der Waals surface area contributed by atoms with Crippen molar-refractivity contribution in [3.63, 3.8) is 0 Å². The van der Waals surface area contributed by atoms with E-state index in [0.717, 1.165) is 32.5 Å². The minimum Gasteiger partial charge on any atom is -0.508 e. The topological polar surface area (TPSA) is 75.9 Å². The third kappa shape index (κ3) is 4.00. The Labute approximate surface area is 177 Å². The Hall–Kier alpha value is -3.19. The van der Waals surface area contributed by atoms with E-state index in [1.807, 2.05) is 42.5 Å². The molecule has 0 aliphatic carbocycles. The number of para-hydroxylation sites is 1. The summed E-state index contributed by atoms with van der Waals surface area (Å²) in [5, 5.41) is 25.7. The highest BCUT2D eigenvalue weighted by Crippen LogP contribution is 2.29. The first-order chi connectivity index (χ1) is 14.0. The Morgan fingerprint density at radius 1 is 0.931 bits per heavy atom. The van der Waals surface area contributed by atoms with Gasteiger partial charge in [0.1, 0.15) is 11.8 Å². The highest BCUT2D eigenvalue weighted by molar-refractivity contribution is 9.10. The first kappa shape index (κ1) is 19.1. The van der Waals surface area contributed by atoms with Gasteiger partial charge >= 0.3 is 0 Å². The van der Waals surface area contributed by atoms with Crippen LogP contribution in [0.15, 0.2) is 71.2 Å². The largest absolute Gasteiger partial charge is 0.508 e. The van der Waals surface area contributed by atoms with Gasteiger partial charge in [-0.1, -0.05) is 46.3 Å². The Kier molecular flexibility index (Phi) is 5.31. The number of hydrogen-bond donors (Lipinski definition) is 2. The van der Waals surface area contributed by atoms with Gasteiger partial charge in [0.2, 0.25) is 0 Å². The van der Waals surface area contributed by atoms with Crippen LogP contribution in [0.5, 0.6) is 5.75 Å². The third-order valence-corrected chi connectivity index (χ3v) is 5.31. The zero-order valence-corrected chi connectivity index (χ0v) is 17.6. The number of phenols is 1. The lowest BCUT2D eigenvalue weighted by Crippen LogP contribution is -2.19. The molecule has 0 aliphatic rings. The van der Waals surface area contributed by atoms with E-state index < -0.39 is 0 Å². The summed E-state index contributed by atoms with van der Waals surface area (Å²) in [7, 11) is 0. The second-order valence-corrected chi connectivity index (χ2v) is 7.78. The molecule has 4 aromatic rings. The van der Waals surface area contributed by atoms with Crippen molar-refractivity contribution in [3.05, 3.63) is 93.7 Å². The molecule has 0 saturated carbocycles. The maximum Gasteiger partial charge on any atom is 0.183 e. The van der Waals surface area contributed by atoms with Gasteiger partial charge in [-0.05, 0) is 77.4 Å². The van der Waals surface area contributed by atoms with Crippen molar-refractivity contribution in [3.8, 4) is 11.4 Å². The maximum atomic E-state index is 9.61. The first-order valence-electron chi connectivity index (χ1n) is 9.19. The first-order valence-corrected chi connectivity index (χ1v) is 9.98. The van der Waals surface area contributed by atoms with Crippen LogP contribution in [0.3, 0.4) is 0 Å². The molecule has 0 aliphatic heterocycles. The van der Waals surface area contributed by atoms with Gasteiger partial charge in [-0.15, -0.1) is 5.10 Å². The number of aromatic nitrogens is 4. The highest BCUT2D eigenvalue weighted by Gasteiger charge is 2.23. The minimum atomic E-state index is -0.290. The number of nitrogens with one attached hydrogen (secondary N) is 1. The standard InChI is InChI=1S/C22H20BrN5O/c1-14-4-3-5-15(2)21(14)28-22(25-26-27-28)20(16-6-8-17(23)9-7-16)24-18-10-12-19(29)13-11-18/h3-13,20,24,29H,1-2H3/t20-/m0/s1. The smallest absolute Gasteiger partial charge is 0.183 e. The summed E-state index contributed by atoms with van der Waals surface area (Å²) in [5.74, 6) is 0.897. The van der Waals surface area contributed by atoms with E-state index in [2.05, 4.69) is 62.8 Å². The van der Waals surface area contributed by atoms with E-state index in [-0.39, 0.29) is 11.8 Å². The zero-order chi connectivity index (χ0) is 20.4. The lowest BCUT2D eigenvalue weighted by atomic mass is 10.0. The average molecular weight is 450 g/mol. The van der Waals surface area contributed by atoms with Crippen LogP contribution in [0, 0.1) is 13.8 Å². The predicted octanol–water partition coefficient (Wildman–Crippen LogP) is 4.95. The van der Waals surface area contributed by atoms with E-state index in [9.17, 15) is 5.11 Å². The Bertz CT molecular complexity index is 1100. The molecule has 0 unspecified atom stereocenters. The van der Waals surface area contributed by atoms with Crippen LogP contribution < -0.4 is 5.32 Å². The average Bonchev–Trinajstić information content (AvgIpc) is 3.17. The fraction of sp³-hybridized carbons (Fsp3) is 0.136. The summed E-state index contributed by atoms with van der Waals surface area (Å²) >= 11 is 3.49. The van der Waals surface area contributed by atoms with E-state index in [0.29, 0.717) is 5.82 Å². The second-order valence-electron chi connectivity index (χ2n) is 6.87. The van der Waals surface area contributed by atoms with E-state index >= 15 is 0 Å². The molecular formula is C22H20BrN5O. The quantitative estimate of drug-likeness (QED) is 0.421. The molecule has 0 radical (unpaired) electrons. The van der Waals surface area contributed by atoms with Gasteiger partial charge in [0.05, 0.1) is 5.69 Å². The summed E-state index contributed by atoms with van der Waals surface area (Å²) < 4.78 is 2.80. The number of phenolic OH excluding ortho intramolecular Hbond substituents is 1. The number of benzene rings is 3. The van der Waals surface area contributed by atoms with Gasteiger partial charge in [0.15, 0.2) is 5.82 Å². The van der Waals surface area contributed by atoms with Gasteiger partial charge in [0.25, 0.3) is 0 Å². The van der Waals surface area contributed by atoms with Crippen molar-refractivity contribution < 1.29 is 5.11 Å². The second kappa shape index (κ2) is 8.05. The van der Waals surface area contributed by atoms with Crippen LogP contribution in [-0.2, 0) is 0 Å². The number of hydrogen-bond acceptors (Lipinski definition) is 5. The SMILES string of the molecule is Cc1cccc(C)c1-n1nnnc1[C@@H](Nc1ccc(O)cc1)c1ccc(Br)cc1. The highest BCUT2D eigenvalue weighted by atomic mass is 79.9. The molecule has 7 heteroatoms. The van der Waals surface area contributed by atoms with Crippen LogP contribution >= 0.6 is 15.9 Å². The molecule has 29 heavy (non-hydrogen) atoms. The number of tetrazole rings is 1. The number of aryl methyl sites for hydroxylation is 2. The molecule has 1 heterocycles. The fourth-order valence-electron chi connectivity index (χ4n) is 3.35. The molecule has 0 bridgehead atoms. The Morgan fingerprint density at radius 3 is 2.24 bits per heavy atom. The van der Waals surface area contributed by atoms with Crippen LogP contribution in [0.2, 0.25) is 0 Å². The normalized spacial score (nSPS) is 12.0. The predicted molar refractivity (Wildman–Crippen MR) is 116 cm³/mol. The van der Waals surface area contributed by atoms with Crippen molar-refractivity contribution in [2.45, 2.75) is 19.9 Å². The molecule has 1 aromatic heterocycles. The number of rotatable bonds is 5. The molecule has 0 fully saturated rings. The molecule has 0 amide bonds. The molecular weight excluding hydrogens is 430 g/mol. The minimum absolute atomic E-state index is 0.219. The number of aromatic hydroxyl groups is 1. The fourth-order valence-corrected chi connectivity index (χ4v) is 3.61. The molecule has 0 saturated heterocycles. The number of anilines is 1. The molecule has 2 N–H and O–H groups in total. The van der Waals surface area contributed by atoms with E-state index in [1.54, 1.807) is 16.8 Å². The van der Waals surface area contributed by atoms with Crippen LogP contribution in [0.25, 0.3) is 5.69 Å². The van der Waals surface area contributed by atoms with Gasteiger partial charge < -0.3 is 10.4 Å². The van der Waals surface area contributed by atoms with Crippen LogP contribution in [-0.4, -0.2) is 25.3 Å². The lowest BCUT2D eigenvalue weighted by Gasteiger charge is -2.21. The molecule has 4 rings (SSSR count). The summed E-state index contributed by atoms with van der Waals surface area (Å²) in [5.41, 5.74) is 5.04.